The third-order valence-electron chi connectivity index (χ3n) is 4.55. The summed E-state index contributed by atoms with van der Waals surface area (Å²) in [6, 6.07) is 15.0. The highest BCUT2D eigenvalue weighted by Gasteiger charge is 2.24. The molecule has 0 amide bonds. The van der Waals surface area contributed by atoms with Crippen molar-refractivity contribution in [3.63, 3.8) is 0 Å². The van der Waals surface area contributed by atoms with Crippen molar-refractivity contribution in [3.05, 3.63) is 65.9 Å². The van der Waals surface area contributed by atoms with Crippen LogP contribution in [0.15, 0.2) is 54.7 Å². The highest BCUT2D eigenvalue weighted by Crippen LogP contribution is 2.30. The minimum atomic E-state index is -0.607. The van der Waals surface area contributed by atoms with Crippen LogP contribution in [-0.2, 0) is 16.2 Å². The quantitative estimate of drug-likeness (QED) is 0.568. The lowest BCUT2D eigenvalue weighted by atomic mass is 10.1. The minimum absolute atomic E-state index is 0.277. The smallest absolute Gasteiger partial charge is 0.419 e. The Balaban J connectivity index is 1.90. The predicted molar refractivity (Wildman–Crippen MR) is 116 cm³/mol. The fourth-order valence-electron chi connectivity index (χ4n) is 3.14. The maximum atomic E-state index is 12.8. The van der Waals surface area contributed by atoms with Gasteiger partial charge >= 0.3 is 6.09 Å². The molecule has 3 aromatic rings. The number of nitrogens with two attached hydrogens (primary N) is 1. The molecular weight excluding hydrogens is 382 g/mol. The Morgan fingerprint density at radius 1 is 1.17 bits per heavy atom. The second kappa shape index (κ2) is 9.30. The molecule has 0 spiro atoms. The lowest BCUT2D eigenvalue weighted by Gasteiger charge is -2.19. The van der Waals surface area contributed by atoms with Crippen LogP contribution in [0.25, 0.3) is 10.9 Å². The van der Waals surface area contributed by atoms with E-state index in [-0.39, 0.29) is 12.6 Å². The van der Waals surface area contributed by atoms with Gasteiger partial charge in [0.05, 0.1) is 25.3 Å². The SMILES string of the molecule is COc1ccc2c(c1)c(C(CN)NOCc1ccccc1)cn2C(=O)OC(C)(C)C. The molecule has 0 fully saturated rings. The molecule has 3 N–H and O–H groups in total. The Kier molecular flexibility index (Phi) is 6.77. The Labute approximate surface area is 176 Å². The number of fused-ring (bicyclic) bond motifs is 1. The molecule has 1 atom stereocenters. The van der Waals surface area contributed by atoms with Crippen molar-refractivity contribution in [3.8, 4) is 5.75 Å². The number of nitrogens with one attached hydrogen (secondary N) is 1. The van der Waals surface area contributed by atoms with Gasteiger partial charge in [0.25, 0.3) is 0 Å². The number of benzene rings is 2. The van der Waals surface area contributed by atoms with Crippen molar-refractivity contribution in [1.29, 1.82) is 0 Å². The molecule has 30 heavy (non-hydrogen) atoms. The lowest BCUT2D eigenvalue weighted by molar-refractivity contribution is 0.00509. The molecule has 3 rings (SSSR count). The number of carbonyl (C=O) groups is 1. The van der Waals surface area contributed by atoms with Crippen molar-refractivity contribution in [1.82, 2.24) is 10.0 Å². The van der Waals surface area contributed by atoms with Crippen molar-refractivity contribution in [2.24, 2.45) is 5.73 Å². The van der Waals surface area contributed by atoms with E-state index in [4.69, 9.17) is 20.0 Å². The van der Waals surface area contributed by atoms with Gasteiger partial charge in [-0.1, -0.05) is 30.3 Å². The molecule has 1 heterocycles. The molecule has 0 radical (unpaired) electrons. The molecule has 0 aliphatic carbocycles. The van der Waals surface area contributed by atoms with Crippen molar-refractivity contribution in [2.45, 2.75) is 39.0 Å². The van der Waals surface area contributed by atoms with E-state index in [1.54, 1.807) is 13.3 Å². The van der Waals surface area contributed by atoms with Gasteiger partial charge in [0.15, 0.2) is 0 Å². The molecular formula is C23H29N3O4. The summed E-state index contributed by atoms with van der Waals surface area (Å²) in [6.07, 6.45) is 1.29. The van der Waals surface area contributed by atoms with Crippen LogP contribution in [0, 0.1) is 0 Å². The molecule has 2 aromatic carbocycles. The Morgan fingerprint density at radius 3 is 2.53 bits per heavy atom. The zero-order chi connectivity index (χ0) is 21.7. The molecule has 0 aliphatic rings. The monoisotopic (exact) mass is 411 g/mol. The van der Waals surface area contributed by atoms with Crippen LogP contribution < -0.4 is 16.0 Å². The molecule has 160 valence electrons. The van der Waals surface area contributed by atoms with E-state index >= 15 is 0 Å². The second-order valence-corrected chi connectivity index (χ2v) is 8.00. The van der Waals surface area contributed by atoms with Gasteiger partial charge in [0, 0.05) is 18.1 Å². The standard InChI is InChI=1S/C23H29N3O4/c1-23(2,3)30-22(27)26-14-19(18-12-17(28-4)10-11-21(18)26)20(13-24)25-29-15-16-8-6-5-7-9-16/h5-12,14,20,25H,13,15,24H2,1-4H3. The summed E-state index contributed by atoms with van der Waals surface area (Å²) in [6.45, 7) is 6.18. The number of hydrogen-bond donors (Lipinski definition) is 2. The number of ether oxygens (including phenoxy) is 2. The first-order valence-corrected chi connectivity index (χ1v) is 9.86. The fourth-order valence-corrected chi connectivity index (χ4v) is 3.14. The normalized spacial score (nSPS) is 12.7. The number of hydrogen-bond acceptors (Lipinski definition) is 6. The van der Waals surface area contributed by atoms with Crippen LogP contribution in [0.3, 0.4) is 0 Å². The van der Waals surface area contributed by atoms with Crippen LogP contribution in [0.4, 0.5) is 4.79 Å². The molecule has 1 unspecified atom stereocenters. The fraction of sp³-hybridized carbons (Fsp3) is 0.348. The molecule has 7 nitrogen and oxygen atoms in total. The van der Waals surface area contributed by atoms with E-state index in [2.05, 4.69) is 5.48 Å². The minimum Gasteiger partial charge on any atom is -0.497 e. The highest BCUT2D eigenvalue weighted by atomic mass is 16.6. The molecule has 1 aromatic heterocycles. The van der Waals surface area contributed by atoms with Crippen LogP contribution in [0.1, 0.15) is 37.9 Å². The molecule has 0 saturated heterocycles. The predicted octanol–water partition coefficient (Wildman–Crippen LogP) is 4.15. The van der Waals surface area contributed by atoms with E-state index in [1.165, 1.54) is 4.57 Å². The second-order valence-electron chi connectivity index (χ2n) is 8.00. The summed E-state index contributed by atoms with van der Waals surface area (Å²) >= 11 is 0. The molecule has 7 heteroatoms. The summed E-state index contributed by atoms with van der Waals surface area (Å²) in [5.41, 5.74) is 11.0. The van der Waals surface area contributed by atoms with E-state index in [0.717, 1.165) is 16.5 Å². The number of rotatable bonds is 7. The number of aromatic nitrogens is 1. The van der Waals surface area contributed by atoms with Gasteiger partial charge in [-0.15, -0.1) is 0 Å². The number of carbonyl (C=O) groups excluding carboxylic acids is 1. The highest BCUT2D eigenvalue weighted by molar-refractivity contribution is 5.93. The van der Waals surface area contributed by atoms with E-state index in [1.807, 2.05) is 69.3 Å². The summed E-state index contributed by atoms with van der Waals surface area (Å²) in [5.74, 6) is 0.687. The maximum Gasteiger partial charge on any atom is 0.419 e. The van der Waals surface area contributed by atoms with Crippen molar-refractivity contribution >= 4 is 17.0 Å². The molecule has 0 saturated carbocycles. The van der Waals surface area contributed by atoms with Gasteiger partial charge in [0.1, 0.15) is 11.4 Å². The Bertz CT molecular complexity index is 993. The summed E-state index contributed by atoms with van der Waals surface area (Å²) in [5, 5.41) is 0.839. The largest absolute Gasteiger partial charge is 0.497 e. The molecule has 0 bridgehead atoms. The van der Waals surface area contributed by atoms with Crippen LogP contribution in [0.2, 0.25) is 0 Å². The topological polar surface area (TPSA) is 87.7 Å². The van der Waals surface area contributed by atoms with E-state index < -0.39 is 11.7 Å². The first kappa shape index (κ1) is 21.8. The zero-order valence-corrected chi connectivity index (χ0v) is 17.8. The lowest BCUT2D eigenvalue weighted by Crippen LogP contribution is -2.29. The van der Waals surface area contributed by atoms with E-state index in [9.17, 15) is 4.79 Å². The van der Waals surface area contributed by atoms with Gasteiger partial charge < -0.3 is 15.2 Å². The Morgan fingerprint density at radius 2 is 1.90 bits per heavy atom. The number of hydroxylamine groups is 1. The number of methoxy groups -OCH3 is 1. The van der Waals surface area contributed by atoms with Gasteiger partial charge in [-0.2, -0.15) is 5.48 Å². The Hall–Kier alpha value is -2.87. The first-order chi connectivity index (χ1) is 14.3. The number of nitrogens with zero attached hydrogens (tertiary/aromatic N) is 1. The van der Waals surface area contributed by atoms with Gasteiger partial charge in [-0.25, -0.2) is 4.79 Å². The third-order valence-corrected chi connectivity index (χ3v) is 4.55. The average Bonchev–Trinajstić information content (AvgIpc) is 3.09. The summed E-state index contributed by atoms with van der Waals surface area (Å²) < 4.78 is 12.4. The van der Waals surface area contributed by atoms with Gasteiger partial charge in [0.2, 0.25) is 0 Å². The zero-order valence-electron chi connectivity index (χ0n) is 17.8. The molecule has 0 aliphatic heterocycles. The summed E-state index contributed by atoms with van der Waals surface area (Å²) in [7, 11) is 1.60. The summed E-state index contributed by atoms with van der Waals surface area (Å²) in [4.78, 5) is 18.5. The van der Waals surface area contributed by atoms with Crippen LogP contribution >= 0.6 is 0 Å². The van der Waals surface area contributed by atoms with Crippen molar-refractivity contribution < 1.29 is 19.1 Å². The van der Waals surface area contributed by atoms with Crippen LogP contribution in [-0.4, -0.2) is 29.9 Å². The van der Waals surface area contributed by atoms with Gasteiger partial charge in [-0.05, 0) is 50.1 Å². The van der Waals surface area contributed by atoms with Crippen molar-refractivity contribution in [2.75, 3.05) is 13.7 Å². The van der Waals surface area contributed by atoms with E-state index in [0.29, 0.717) is 17.9 Å². The maximum absolute atomic E-state index is 12.8. The van der Waals surface area contributed by atoms with Crippen LogP contribution in [0.5, 0.6) is 5.75 Å². The third kappa shape index (κ3) is 5.18. The average molecular weight is 412 g/mol. The first-order valence-electron chi connectivity index (χ1n) is 9.86. The van der Waals surface area contributed by atoms with Gasteiger partial charge in [-0.3, -0.25) is 9.40 Å².